The first kappa shape index (κ1) is 30.1. The molecule has 0 aliphatic carbocycles. The molecule has 0 spiro atoms. The molecule has 0 aliphatic heterocycles. The van der Waals surface area contributed by atoms with Crippen LogP contribution in [0.2, 0.25) is 0 Å². The van der Waals surface area contributed by atoms with Gasteiger partial charge in [0.05, 0.1) is 0 Å². The van der Waals surface area contributed by atoms with E-state index in [1.165, 1.54) is 22.3 Å². The van der Waals surface area contributed by atoms with Crippen LogP contribution in [0, 0.1) is 0 Å². The molecule has 0 nitrogen and oxygen atoms in total. The molecule has 204 valence electrons. The van der Waals surface area contributed by atoms with Crippen molar-refractivity contribution in [3.05, 3.63) is 144 Å². The molecule has 0 amide bonds. The monoisotopic (exact) mass is 588 g/mol. The topological polar surface area (TPSA) is 0 Å². The van der Waals surface area contributed by atoms with Crippen molar-refractivity contribution in [3.8, 4) is 0 Å². The van der Waals surface area contributed by atoms with Crippen LogP contribution in [0.4, 0.5) is 0 Å². The van der Waals surface area contributed by atoms with Crippen LogP contribution in [0.3, 0.4) is 0 Å². The second-order valence-corrected chi connectivity index (χ2v) is 22.4. The summed E-state index contributed by atoms with van der Waals surface area (Å²) in [5.74, 6) is 0. The summed E-state index contributed by atoms with van der Waals surface area (Å²) in [5.41, 5.74) is 6.15. The van der Waals surface area contributed by atoms with Crippen LogP contribution in [-0.4, -0.2) is 36.5 Å². The van der Waals surface area contributed by atoms with E-state index >= 15 is 0 Å². The third kappa shape index (κ3) is 9.95. The van der Waals surface area contributed by atoms with E-state index in [4.69, 9.17) is 23.6 Å². The van der Waals surface area contributed by atoms with Crippen molar-refractivity contribution in [1.29, 1.82) is 0 Å². The minimum Gasteiger partial charge on any atom is -0.0974 e. The Morgan fingerprint density at radius 3 is 1.05 bits per heavy atom. The van der Waals surface area contributed by atoms with Crippen LogP contribution in [-0.2, 0) is 49.3 Å². The molecular formula is C35H42P2S2. The maximum Gasteiger partial charge on any atom is -0.0100 e. The Morgan fingerprint density at radius 2 is 0.744 bits per heavy atom. The van der Waals surface area contributed by atoms with E-state index in [-0.39, 0.29) is 0 Å². The average molecular weight is 589 g/mol. The van der Waals surface area contributed by atoms with E-state index in [1.54, 1.807) is 0 Å². The Labute approximate surface area is 247 Å². The molecule has 0 heterocycles. The van der Waals surface area contributed by atoms with Gasteiger partial charge in [0, 0.05) is 0 Å². The highest BCUT2D eigenvalue weighted by Gasteiger charge is 2.30. The Balaban J connectivity index is 1.52. The molecule has 4 aromatic carbocycles. The highest BCUT2D eigenvalue weighted by Crippen LogP contribution is 2.58. The van der Waals surface area contributed by atoms with Gasteiger partial charge in [-0.05, 0) is 96.5 Å². The summed E-state index contributed by atoms with van der Waals surface area (Å²) in [5, 5.41) is 0. The Kier molecular flexibility index (Phi) is 11.8. The fourth-order valence-corrected chi connectivity index (χ4v) is 15.4. The van der Waals surface area contributed by atoms with E-state index in [2.05, 4.69) is 128 Å². The zero-order chi connectivity index (χ0) is 27.4. The summed E-state index contributed by atoms with van der Waals surface area (Å²) in [6.45, 7) is 2.46. The lowest BCUT2D eigenvalue weighted by Crippen LogP contribution is -2.19. The second kappa shape index (κ2) is 15.3. The lowest BCUT2D eigenvalue weighted by Gasteiger charge is -2.34. The van der Waals surface area contributed by atoms with Gasteiger partial charge in [0.15, 0.2) is 0 Å². The van der Waals surface area contributed by atoms with Crippen molar-refractivity contribution in [2.24, 2.45) is 0 Å². The standard InChI is InChI=1S/C35H42P2S2/c1-31(37(39,28-24-34-18-10-4-11-19-34)29-25-35-20-12-5-13-21-35)30-36(38,26-22-32-14-6-2-7-15-32)27-23-33-16-8-3-9-17-33/h2-21,31H,22-30H2,1H3. The zero-order valence-corrected chi connectivity index (χ0v) is 26.6. The fourth-order valence-electron chi connectivity index (χ4n) is 5.36. The molecule has 39 heavy (non-hydrogen) atoms. The third-order valence-electron chi connectivity index (χ3n) is 7.95. The summed E-state index contributed by atoms with van der Waals surface area (Å²) in [4.78, 5) is 0. The van der Waals surface area contributed by atoms with Crippen molar-refractivity contribution in [3.63, 3.8) is 0 Å². The molecule has 0 saturated heterocycles. The van der Waals surface area contributed by atoms with Crippen LogP contribution in [0.15, 0.2) is 121 Å². The molecule has 4 heteroatoms. The van der Waals surface area contributed by atoms with Crippen LogP contribution in [0.1, 0.15) is 29.2 Å². The lowest BCUT2D eigenvalue weighted by molar-refractivity contribution is 1.01. The van der Waals surface area contributed by atoms with E-state index in [0.717, 1.165) is 56.5 Å². The van der Waals surface area contributed by atoms with E-state index in [1.807, 2.05) is 0 Å². The molecule has 0 bridgehead atoms. The molecule has 1 unspecified atom stereocenters. The molecule has 0 N–H and O–H groups in total. The second-order valence-electron chi connectivity index (χ2n) is 10.9. The highest BCUT2D eigenvalue weighted by atomic mass is 32.4. The molecule has 4 aromatic rings. The minimum absolute atomic E-state index is 0.511. The van der Waals surface area contributed by atoms with Gasteiger partial charge in [0.1, 0.15) is 0 Å². The predicted molar refractivity (Wildman–Crippen MR) is 183 cm³/mol. The van der Waals surface area contributed by atoms with Crippen LogP contribution < -0.4 is 0 Å². The molecule has 0 saturated carbocycles. The smallest absolute Gasteiger partial charge is 0.0100 e. The summed E-state index contributed by atoms with van der Waals surface area (Å²) in [6.07, 6.45) is 9.99. The normalized spacial score (nSPS) is 12.7. The molecular weight excluding hydrogens is 546 g/mol. The SMILES string of the molecule is CC(CP(=S)(CCc1ccccc1)CCc1ccccc1)P(=S)(CCc1ccccc1)CCc1ccccc1. The molecule has 0 aromatic heterocycles. The summed E-state index contributed by atoms with van der Waals surface area (Å²) >= 11 is 13.4. The molecule has 0 aliphatic rings. The molecule has 4 rings (SSSR count). The van der Waals surface area contributed by atoms with Crippen LogP contribution in [0.5, 0.6) is 0 Å². The summed E-state index contributed by atoms with van der Waals surface area (Å²) < 4.78 is 0. The van der Waals surface area contributed by atoms with E-state index in [0.29, 0.717) is 5.66 Å². The maximum atomic E-state index is 6.73. The van der Waals surface area contributed by atoms with Gasteiger partial charge in [0.2, 0.25) is 0 Å². The Bertz CT molecular complexity index is 1240. The highest BCUT2D eigenvalue weighted by molar-refractivity contribution is 8.17. The number of benzene rings is 4. The van der Waals surface area contributed by atoms with E-state index < -0.39 is 12.1 Å². The first-order chi connectivity index (χ1) is 18.9. The maximum absolute atomic E-state index is 6.73. The van der Waals surface area contributed by atoms with Gasteiger partial charge in [-0.25, -0.2) is 0 Å². The third-order valence-corrected chi connectivity index (χ3v) is 19.0. The van der Waals surface area contributed by atoms with Gasteiger partial charge in [-0.2, -0.15) is 0 Å². The summed E-state index contributed by atoms with van der Waals surface area (Å²) in [7, 11) is 0. The molecule has 0 fully saturated rings. The average Bonchev–Trinajstić information content (AvgIpc) is 2.99. The number of hydrogen-bond acceptors (Lipinski definition) is 2. The van der Waals surface area contributed by atoms with Gasteiger partial charge >= 0.3 is 0 Å². The zero-order valence-electron chi connectivity index (χ0n) is 23.2. The van der Waals surface area contributed by atoms with Crippen molar-refractivity contribution < 1.29 is 0 Å². The predicted octanol–water partition coefficient (Wildman–Crippen LogP) is 9.30. The van der Waals surface area contributed by atoms with Crippen molar-refractivity contribution in [2.75, 3.05) is 30.8 Å². The Morgan fingerprint density at radius 1 is 0.462 bits per heavy atom. The van der Waals surface area contributed by atoms with Gasteiger partial charge in [0.25, 0.3) is 0 Å². The number of aryl methyl sites for hydroxylation is 4. The fraction of sp³-hybridized carbons (Fsp3) is 0.314. The van der Waals surface area contributed by atoms with Gasteiger partial charge < -0.3 is 0 Å². The quantitative estimate of drug-likeness (QED) is 0.127. The summed E-state index contributed by atoms with van der Waals surface area (Å²) in [6, 6.07) is 40.4. The van der Waals surface area contributed by atoms with Crippen molar-refractivity contribution >= 4 is 35.7 Å². The number of hydrogen-bond donors (Lipinski definition) is 0. The van der Waals surface area contributed by atoms with Gasteiger partial charge in [-0.1, -0.05) is 152 Å². The number of rotatable bonds is 15. The van der Waals surface area contributed by atoms with Crippen molar-refractivity contribution in [2.45, 2.75) is 38.3 Å². The van der Waals surface area contributed by atoms with Gasteiger partial charge in [-0.3, -0.25) is 0 Å². The first-order valence-corrected chi connectivity index (χ1v) is 20.8. The first-order valence-electron chi connectivity index (χ1n) is 14.2. The molecule has 0 radical (unpaired) electrons. The van der Waals surface area contributed by atoms with E-state index in [9.17, 15) is 0 Å². The largest absolute Gasteiger partial charge is 0.0974 e. The lowest BCUT2D eigenvalue weighted by atomic mass is 10.2. The Hall–Kier alpha value is -1.82. The van der Waals surface area contributed by atoms with Crippen LogP contribution >= 0.6 is 12.1 Å². The minimum atomic E-state index is -1.63. The molecule has 1 atom stereocenters. The van der Waals surface area contributed by atoms with Gasteiger partial charge in [-0.15, -0.1) is 0 Å². The van der Waals surface area contributed by atoms with Crippen LogP contribution in [0.25, 0.3) is 0 Å². The van der Waals surface area contributed by atoms with Crippen molar-refractivity contribution in [1.82, 2.24) is 0 Å².